The Labute approximate surface area is 176 Å². The number of thioether (sulfide) groups is 1. The number of benzene rings is 2. The van der Waals surface area contributed by atoms with Gasteiger partial charge in [-0.25, -0.2) is 0 Å². The number of amides is 1. The summed E-state index contributed by atoms with van der Waals surface area (Å²) in [5.41, 5.74) is 2.00. The summed E-state index contributed by atoms with van der Waals surface area (Å²) in [5.74, 6) is 1.40. The Morgan fingerprint density at radius 1 is 1.15 bits per heavy atom. The van der Waals surface area contributed by atoms with Gasteiger partial charge in [-0.15, -0.1) is 0 Å². The lowest BCUT2D eigenvalue weighted by Gasteiger charge is -2.11. The summed E-state index contributed by atoms with van der Waals surface area (Å²) in [6.07, 6.45) is 1.81. The van der Waals surface area contributed by atoms with E-state index in [1.54, 1.807) is 7.05 Å². The minimum Gasteiger partial charge on any atom is -0.490 e. The molecule has 0 bridgehead atoms. The number of aryl methyl sites for hydroxylation is 1. The molecule has 0 N–H and O–H groups in total. The first-order valence-electron chi connectivity index (χ1n) is 8.27. The van der Waals surface area contributed by atoms with Crippen molar-refractivity contribution in [3.05, 3.63) is 63.0 Å². The van der Waals surface area contributed by atoms with E-state index in [9.17, 15) is 4.79 Å². The van der Waals surface area contributed by atoms with Crippen LogP contribution < -0.4 is 9.47 Å². The third-order valence-electron chi connectivity index (χ3n) is 3.88. The Hall–Kier alpha value is -1.83. The molecule has 0 atom stereocenters. The lowest BCUT2D eigenvalue weighted by atomic mass is 10.2. The van der Waals surface area contributed by atoms with Crippen molar-refractivity contribution in [3.8, 4) is 11.5 Å². The highest BCUT2D eigenvalue weighted by Crippen LogP contribution is 2.34. The van der Waals surface area contributed by atoms with Crippen LogP contribution in [0.4, 0.5) is 0 Å². The van der Waals surface area contributed by atoms with Crippen LogP contribution in [0.3, 0.4) is 0 Å². The summed E-state index contributed by atoms with van der Waals surface area (Å²) < 4.78 is 13.0. The van der Waals surface area contributed by atoms with Gasteiger partial charge in [0.05, 0.1) is 4.91 Å². The lowest BCUT2D eigenvalue weighted by molar-refractivity contribution is -0.121. The van der Waals surface area contributed by atoms with Crippen molar-refractivity contribution in [1.29, 1.82) is 0 Å². The van der Waals surface area contributed by atoms with Crippen molar-refractivity contribution in [2.75, 3.05) is 20.3 Å². The number of ether oxygens (including phenoxy) is 2. The summed E-state index contributed by atoms with van der Waals surface area (Å²) in [6, 6.07) is 13.6. The highest BCUT2D eigenvalue weighted by Gasteiger charge is 2.28. The van der Waals surface area contributed by atoms with E-state index in [0.29, 0.717) is 28.2 Å². The molecule has 27 heavy (non-hydrogen) atoms. The zero-order chi connectivity index (χ0) is 19.4. The minimum absolute atomic E-state index is 0.0985. The molecular formula is C20H18BrNO3S2. The van der Waals surface area contributed by atoms with Crippen LogP contribution in [0.2, 0.25) is 0 Å². The first-order chi connectivity index (χ1) is 12.9. The van der Waals surface area contributed by atoms with Gasteiger partial charge in [-0.3, -0.25) is 9.69 Å². The van der Waals surface area contributed by atoms with E-state index in [0.717, 1.165) is 15.8 Å². The van der Waals surface area contributed by atoms with Crippen molar-refractivity contribution in [1.82, 2.24) is 4.90 Å². The molecule has 0 saturated carbocycles. The molecule has 1 amide bonds. The Morgan fingerprint density at radius 2 is 1.85 bits per heavy atom. The van der Waals surface area contributed by atoms with Crippen molar-refractivity contribution >= 4 is 56.2 Å². The number of likely N-dealkylation sites (N-methyl/N-ethyl adjacent to an activating group) is 1. The van der Waals surface area contributed by atoms with Crippen LogP contribution in [0.15, 0.2) is 51.8 Å². The topological polar surface area (TPSA) is 38.8 Å². The van der Waals surface area contributed by atoms with E-state index in [-0.39, 0.29) is 5.91 Å². The van der Waals surface area contributed by atoms with Crippen LogP contribution >= 0.6 is 39.9 Å². The van der Waals surface area contributed by atoms with Crippen LogP contribution in [0.1, 0.15) is 11.1 Å². The van der Waals surface area contributed by atoms with Crippen LogP contribution in [0, 0.1) is 6.92 Å². The van der Waals surface area contributed by atoms with Crippen LogP contribution in [0.5, 0.6) is 11.5 Å². The van der Waals surface area contributed by atoms with E-state index < -0.39 is 0 Å². The number of rotatable bonds is 6. The molecule has 1 heterocycles. The molecule has 1 aliphatic rings. The van der Waals surface area contributed by atoms with Gasteiger partial charge in [-0.1, -0.05) is 57.6 Å². The number of hydrogen-bond acceptors (Lipinski definition) is 5. The second-order valence-corrected chi connectivity index (χ2v) is 8.52. The van der Waals surface area contributed by atoms with Gasteiger partial charge in [0.25, 0.3) is 5.91 Å². The van der Waals surface area contributed by atoms with E-state index in [1.165, 1.54) is 22.2 Å². The summed E-state index contributed by atoms with van der Waals surface area (Å²) in [6.45, 7) is 2.86. The molecule has 0 spiro atoms. The monoisotopic (exact) mass is 463 g/mol. The molecule has 2 aromatic rings. The highest BCUT2D eigenvalue weighted by molar-refractivity contribution is 9.10. The molecular weight excluding hydrogens is 446 g/mol. The Kier molecular flexibility index (Phi) is 6.57. The van der Waals surface area contributed by atoms with Gasteiger partial charge in [0, 0.05) is 17.1 Å². The van der Waals surface area contributed by atoms with Gasteiger partial charge in [-0.2, -0.15) is 0 Å². The zero-order valence-corrected chi connectivity index (χ0v) is 18.1. The van der Waals surface area contributed by atoms with E-state index in [1.807, 2.05) is 55.5 Å². The predicted molar refractivity (Wildman–Crippen MR) is 117 cm³/mol. The fraction of sp³-hybridized carbons (Fsp3) is 0.200. The first-order valence-corrected chi connectivity index (χ1v) is 10.3. The standard InChI is InChI=1S/C20H18BrNO3S2/c1-13-3-6-16(7-4-13)24-9-10-25-17-8-5-15(21)11-14(17)12-18-19(23)22(2)20(26)27-18/h3-8,11-12H,9-10H2,1-2H3. The fourth-order valence-corrected chi connectivity index (χ4v) is 3.95. The molecule has 140 valence electrons. The number of carbonyl (C=O) groups excluding carboxylic acids is 1. The zero-order valence-electron chi connectivity index (χ0n) is 14.9. The van der Waals surface area contributed by atoms with Crippen LogP contribution in [-0.2, 0) is 4.79 Å². The average molecular weight is 464 g/mol. The van der Waals surface area contributed by atoms with Gasteiger partial charge in [0.2, 0.25) is 0 Å². The molecule has 7 heteroatoms. The van der Waals surface area contributed by atoms with Crippen molar-refractivity contribution in [2.45, 2.75) is 6.92 Å². The number of nitrogens with zero attached hydrogens (tertiary/aromatic N) is 1. The second kappa shape index (κ2) is 8.91. The number of hydrogen-bond donors (Lipinski definition) is 0. The quantitative estimate of drug-likeness (QED) is 0.340. The second-order valence-electron chi connectivity index (χ2n) is 5.93. The molecule has 0 unspecified atom stereocenters. The minimum atomic E-state index is -0.0985. The fourth-order valence-electron chi connectivity index (χ4n) is 2.40. The van der Waals surface area contributed by atoms with Crippen LogP contribution in [-0.4, -0.2) is 35.4 Å². The van der Waals surface area contributed by atoms with Gasteiger partial charge in [-0.05, 0) is 43.3 Å². The summed E-state index contributed by atoms with van der Waals surface area (Å²) in [4.78, 5) is 14.3. The van der Waals surface area contributed by atoms with E-state index in [2.05, 4.69) is 15.9 Å². The van der Waals surface area contributed by atoms with E-state index >= 15 is 0 Å². The van der Waals surface area contributed by atoms with Crippen molar-refractivity contribution in [3.63, 3.8) is 0 Å². The Bertz CT molecular complexity index is 897. The maximum absolute atomic E-state index is 12.2. The highest BCUT2D eigenvalue weighted by atomic mass is 79.9. The number of halogens is 1. The Balaban J connectivity index is 1.66. The largest absolute Gasteiger partial charge is 0.490 e. The van der Waals surface area contributed by atoms with Crippen molar-refractivity contribution in [2.24, 2.45) is 0 Å². The maximum Gasteiger partial charge on any atom is 0.265 e. The molecule has 0 aliphatic carbocycles. The molecule has 1 aliphatic heterocycles. The SMILES string of the molecule is Cc1ccc(OCCOc2ccc(Br)cc2C=C2SC(=S)N(C)C2=O)cc1. The van der Waals surface area contributed by atoms with Crippen molar-refractivity contribution < 1.29 is 14.3 Å². The molecule has 1 saturated heterocycles. The Morgan fingerprint density at radius 3 is 2.52 bits per heavy atom. The summed E-state index contributed by atoms with van der Waals surface area (Å²) >= 11 is 9.94. The molecule has 0 aromatic heterocycles. The molecule has 3 rings (SSSR count). The third kappa shape index (κ3) is 5.12. The van der Waals surface area contributed by atoms with Gasteiger partial charge >= 0.3 is 0 Å². The molecule has 4 nitrogen and oxygen atoms in total. The van der Waals surface area contributed by atoms with Gasteiger partial charge in [0.1, 0.15) is 29.0 Å². The van der Waals surface area contributed by atoms with Gasteiger partial charge < -0.3 is 9.47 Å². The third-order valence-corrected chi connectivity index (χ3v) is 5.85. The van der Waals surface area contributed by atoms with Gasteiger partial charge in [0.15, 0.2) is 0 Å². The summed E-state index contributed by atoms with van der Waals surface area (Å²) in [5, 5.41) is 0. The first kappa shape index (κ1) is 19.9. The van der Waals surface area contributed by atoms with Crippen LogP contribution in [0.25, 0.3) is 6.08 Å². The smallest absolute Gasteiger partial charge is 0.265 e. The summed E-state index contributed by atoms with van der Waals surface area (Å²) in [7, 11) is 1.68. The van der Waals surface area contributed by atoms with E-state index in [4.69, 9.17) is 21.7 Å². The molecule has 2 aromatic carbocycles. The number of thiocarbonyl (C=S) groups is 1. The maximum atomic E-state index is 12.2. The molecule has 0 radical (unpaired) electrons. The predicted octanol–water partition coefficient (Wildman–Crippen LogP) is 5.05. The molecule has 1 fully saturated rings. The average Bonchev–Trinajstić information content (AvgIpc) is 2.88. The normalized spacial score (nSPS) is 15.5. The number of carbonyl (C=O) groups is 1. The lowest BCUT2D eigenvalue weighted by Crippen LogP contribution is -2.22.